The summed E-state index contributed by atoms with van der Waals surface area (Å²) in [6.07, 6.45) is 6.87. The van der Waals surface area contributed by atoms with Crippen molar-refractivity contribution >= 4 is 27.5 Å². The van der Waals surface area contributed by atoms with Crippen LogP contribution in [0.1, 0.15) is 61.8 Å². The van der Waals surface area contributed by atoms with Crippen molar-refractivity contribution < 1.29 is 13.2 Å². The smallest absolute Gasteiger partial charge is 0.243 e. The average Bonchev–Trinajstić information content (AvgIpc) is 2.82. The summed E-state index contributed by atoms with van der Waals surface area (Å²) in [5, 5.41) is 3.69. The molecule has 1 saturated heterocycles. The Bertz CT molecular complexity index is 1070. The minimum Gasteiger partial charge on any atom is -0.349 e. The van der Waals surface area contributed by atoms with Crippen LogP contribution in [-0.2, 0) is 27.7 Å². The maximum Gasteiger partial charge on any atom is 0.243 e. The standard InChI is InChI=1S/C25H31ClN2O3S/c1-2-24(20-10-9-18-6-3-4-7-19(18)16-20)27-25(29)21-8-5-15-28(17-21)32(30,31)23-13-11-22(26)12-14-23/h9-14,16,21,24H,2-8,15,17H2,1H3,(H,27,29)/t21-,24-/m0/s1. The summed E-state index contributed by atoms with van der Waals surface area (Å²) in [5.74, 6) is -0.414. The zero-order chi connectivity index (χ0) is 22.7. The number of carbonyl (C=O) groups excluding carboxylic acids is 1. The lowest BCUT2D eigenvalue weighted by Gasteiger charge is -2.32. The number of carbonyl (C=O) groups is 1. The Balaban J connectivity index is 1.45. The van der Waals surface area contributed by atoms with Crippen LogP contribution in [0.5, 0.6) is 0 Å². The zero-order valence-corrected chi connectivity index (χ0v) is 20.1. The summed E-state index contributed by atoms with van der Waals surface area (Å²) < 4.78 is 27.5. The lowest BCUT2D eigenvalue weighted by Crippen LogP contribution is -2.46. The van der Waals surface area contributed by atoms with Gasteiger partial charge in [0.05, 0.1) is 16.9 Å². The van der Waals surface area contributed by atoms with Gasteiger partial charge in [0.1, 0.15) is 0 Å². The van der Waals surface area contributed by atoms with E-state index in [9.17, 15) is 13.2 Å². The predicted molar refractivity (Wildman–Crippen MR) is 127 cm³/mol. The second-order valence-electron chi connectivity index (χ2n) is 8.86. The molecule has 1 aliphatic heterocycles. The van der Waals surface area contributed by atoms with Crippen LogP contribution in [0.4, 0.5) is 0 Å². The van der Waals surface area contributed by atoms with Crippen molar-refractivity contribution in [2.24, 2.45) is 5.92 Å². The zero-order valence-electron chi connectivity index (χ0n) is 18.5. The van der Waals surface area contributed by atoms with Crippen LogP contribution in [0.25, 0.3) is 0 Å². The first-order valence-corrected chi connectivity index (χ1v) is 13.4. The van der Waals surface area contributed by atoms with E-state index >= 15 is 0 Å². The van der Waals surface area contributed by atoms with Gasteiger partial charge in [0.2, 0.25) is 15.9 Å². The minimum atomic E-state index is -3.65. The Morgan fingerprint density at radius 3 is 2.53 bits per heavy atom. The van der Waals surface area contributed by atoms with E-state index in [-0.39, 0.29) is 29.3 Å². The maximum atomic E-state index is 13.1. The van der Waals surface area contributed by atoms with Gasteiger partial charge in [0, 0.05) is 18.1 Å². The molecular formula is C25H31ClN2O3S. The molecule has 1 heterocycles. The van der Waals surface area contributed by atoms with Gasteiger partial charge in [-0.15, -0.1) is 0 Å². The Morgan fingerprint density at radius 1 is 1.09 bits per heavy atom. The van der Waals surface area contributed by atoms with Crippen molar-refractivity contribution in [2.75, 3.05) is 13.1 Å². The second kappa shape index (κ2) is 9.94. The molecule has 0 aromatic heterocycles. The summed E-state index contributed by atoms with van der Waals surface area (Å²) in [4.78, 5) is 13.3. The number of halogens is 1. The summed E-state index contributed by atoms with van der Waals surface area (Å²) in [7, 11) is -3.65. The van der Waals surface area contributed by atoms with Crippen molar-refractivity contribution in [1.82, 2.24) is 9.62 Å². The first kappa shape index (κ1) is 23.3. The van der Waals surface area contributed by atoms with Crippen molar-refractivity contribution in [3.8, 4) is 0 Å². The normalized spacial score (nSPS) is 20.4. The van der Waals surface area contributed by atoms with E-state index in [1.165, 1.54) is 40.4 Å². The monoisotopic (exact) mass is 474 g/mol. The van der Waals surface area contributed by atoms with Crippen LogP contribution in [-0.4, -0.2) is 31.7 Å². The van der Waals surface area contributed by atoms with E-state index in [0.717, 1.165) is 24.8 Å². The highest BCUT2D eigenvalue weighted by Gasteiger charge is 2.34. The molecule has 32 heavy (non-hydrogen) atoms. The second-order valence-corrected chi connectivity index (χ2v) is 11.2. The van der Waals surface area contributed by atoms with Crippen LogP contribution in [0.2, 0.25) is 5.02 Å². The lowest BCUT2D eigenvalue weighted by atomic mass is 9.88. The molecule has 2 aliphatic rings. The molecular weight excluding hydrogens is 444 g/mol. The number of fused-ring (bicyclic) bond motifs is 1. The highest BCUT2D eigenvalue weighted by molar-refractivity contribution is 7.89. The number of hydrogen-bond donors (Lipinski definition) is 1. The van der Waals surface area contributed by atoms with Crippen molar-refractivity contribution in [3.05, 3.63) is 64.2 Å². The molecule has 0 saturated carbocycles. The van der Waals surface area contributed by atoms with Gasteiger partial charge in [-0.1, -0.05) is 36.7 Å². The summed E-state index contributed by atoms with van der Waals surface area (Å²) in [5.41, 5.74) is 3.97. The summed E-state index contributed by atoms with van der Waals surface area (Å²) in [6.45, 7) is 2.71. The maximum absolute atomic E-state index is 13.1. The van der Waals surface area contributed by atoms with Gasteiger partial charge >= 0.3 is 0 Å². The van der Waals surface area contributed by atoms with Gasteiger partial charge in [-0.05, 0) is 85.9 Å². The van der Waals surface area contributed by atoms with E-state index in [2.05, 4.69) is 30.4 Å². The number of nitrogens with zero attached hydrogens (tertiary/aromatic N) is 1. The quantitative estimate of drug-likeness (QED) is 0.648. The molecule has 2 atom stereocenters. The summed E-state index contributed by atoms with van der Waals surface area (Å²) >= 11 is 5.90. The Kier molecular flexibility index (Phi) is 7.23. The number of aryl methyl sites for hydroxylation is 2. The molecule has 5 nitrogen and oxygen atoms in total. The fourth-order valence-corrected chi connectivity index (χ4v) is 6.46. The number of nitrogens with one attached hydrogen (secondary N) is 1. The molecule has 0 bridgehead atoms. The van der Waals surface area contributed by atoms with Gasteiger partial charge in [-0.3, -0.25) is 4.79 Å². The average molecular weight is 475 g/mol. The highest BCUT2D eigenvalue weighted by atomic mass is 35.5. The molecule has 1 fully saturated rings. The molecule has 172 valence electrons. The van der Waals surface area contributed by atoms with Crippen LogP contribution < -0.4 is 5.32 Å². The molecule has 2 aromatic carbocycles. The molecule has 1 N–H and O–H groups in total. The van der Waals surface area contributed by atoms with E-state index < -0.39 is 10.0 Å². The van der Waals surface area contributed by atoms with Gasteiger partial charge in [0.15, 0.2) is 0 Å². The number of amides is 1. The van der Waals surface area contributed by atoms with Crippen LogP contribution >= 0.6 is 11.6 Å². The van der Waals surface area contributed by atoms with Gasteiger partial charge in [0.25, 0.3) is 0 Å². The molecule has 0 radical (unpaired) electrons. The Morgan fingerprint density at radius 2 is 1.81 bits per heavy atom. The summed E-state index contributed by atoms with van der Waals surface area (Å²) in [6, 6.07) is 12.7. The Labute approximate surface area is 196 Å². The molecule has 1 aliphatic carbocycles. The van der Waals surface area contributed by atoms with E-state index in [0.29, 0.717) is 24.4 Å². The van der Waals surface area contributed by atoms with Crippen LogP contribution in [0.15, 0.2) is 47.4 Å². The van der Waals surface area contributed by atoms with E-state index in [1.54, 1.807) is 12.1 Å². The number of hydrogen-bond acceptors (Lipinski definition) is 3. The van der Waals surface area contributed by atoms with Crippen LogP contribution in [0, 0.1) is 5.92 Å². The molecule has 4 rings (SSSR count). The fraction of sp³-hybridized carbons (Fsp3) is 0.480. The molecule has 0 spiro atoms. The third-order valence-corrected chi connectivity index (χ3v) is 8.84. The first-order chi connectivity index (χ1) is 15.4. The van der Waals surface area contributed by atoms with Gasteiger partial charge < -0.3 is 5.32 Å². The predicted octanol–water partition coefficient (Wildman–Crippen LogP) is 4.89. The largest absolute Gasteiger partial charge is 0.349 e. The van der Waals surface area contributed by atoms with Crippen molar-refractivity contribution in [3.63, 3.8) is 0 Å². The topological polar surface area (TPSA) is 66.5 Å². The molecule has 0 unspecified atom stereocenters. The van der Waals surface area contributed by atoms with Gasteiger partial charge in [-0.2, -0.15) is 4.31 Å². The first-order valence-electron chi connectivity index (χ1n) is 11.6. The SMILES string of the molecule is CC[C@H](NC(=O)[C@H]1CCCN(S(=O)(=O)c2ccc(Cl)cc2)C1)c1ccc2c(c1)CCCC2. The molecule has 2 aromatic rings. The number of rotatable bonds is 6. The number of sulfonamides is 1. The van der Waals surface area contributed by atoms with Crippen molar-refractivity contribution in [2.45, 2.75) is 62.8 Å². The Hall–Kier alpha value is -1.89. The lowest BCUT2D eigenvalue weighted by molar-refractivity contribution is -0.126. The van der Waals surface area contributed by atoms with E-state index in [4.69, 9.17) is 11.6 Å². The van der Waals surface area contributed by atoms with Gasteiger partial charge in [-0.25, -0.2) is 8.42 Å². The minimum absolute atomic E-state index is 0.0574. The van der Waals surface area contributed by atoms with Crippen LogP contribution in [0.3, 0.4) is 0 Å². The number of benzene rings is 2. The fourth-order valence-electron chi connectivity index (χ4n) is 4.81. The van der Waals surface area contributed by atoms with E-state index in [1.807, 2.05) is 0 Å². The third kappa shape index (κ3) is 5.03. The van der Waals surface area contributed by atoms with Crippen molar-refractivity contribution in [1.29, 1.82) is 0 Å². The number of piperidine rings is 1. The molecule has 1 amide bonds. The highest BCUT2D eigenvalue weighted by Crippen LogP contribution is 2.28. The molecule has 7 heteroatoms. The third-order valence-electron chi connectivity index (χ3n) is 6.71.